The van der Waals surface area contributed by atoms with Gasteiger partial charge in [-0.2, -0.15) is 4.98 Å². The van der Waals surface area contributed by atoms with E-state index >= 15 is 0 Å². The van der Waals surface area contributed by atoms with Crippen LogP contribution in [0.25, 0.3) is 0 Å². The summed E-state index contributed by atoms with van der Waals surface area (Å²) < 4.78 is 23.8. The molecule has 0 saturated carbocycles. The third-order valence-corrected chi connectivity index (χ3v) is 7.01. The van der Waals surface area contributed by atoms with Crippen LogP contribution in [0.3, 0.4) is 0 Å². The van der Waals surface area contributed by atoms with Gasteiger partial charge in [0.15, 0.2) is 0 Å². The van der Waals surface area contributed by atoms with E-state index in [0.717, 1.165) is 48.7 Å². The molecule has 0 radical (unpaired) electrons. The number of hydrazine groups is 1. The van der Waals surface area contributed by atoms with Crippen molar-refractivity contribution in [3.8, 4) is 11.8 Å². The third kappa shape index (κ3) is 4.56. The van der Waals surface area contributed by atoms with Crippen LogP contribution in [-0.2, 0) is 4.57 Å². The molecule has 2 aromatic heterocycles. The van der Waals surface area contributed by atoms with Gasteiger partial charge in [-0.3, -0.25) is 0 Å². The zero-order chi connectivity index (χ0) is 23.0. The highest BCUT2D eigenvalue weighted by atomic mass is 31.1. The van der Waals surface area contributed by atoms with Crippen LogP contribution in [0.5, 0.6) is 11.8 Å². The zero-order valence-electron chi connectivity index (χ0n) is 19.1. The van der Waals surface area contributed by atoms with E-state index in [2.05, 4.69) is 42.6 Å². The largest absolute Gasteiger partial charge is 0.421 e. The molecule has 10 heteroatoms. The van der Waals surface area contributed by atoms with Gasteiger partial charge in [-0.05, 0) is 44.7 Å². The summed E-state index contributed by atoms with van der Waals surface area (Å²) in [5.74, 6) is 8.08. The smallest absolute Gasteiger partial charge is 0.399 e. The van der Waals surface area contributed by atoms with Crippen molar-refractivity contribution < 1.29 is 13.6 Å². The highest BCUT2D eigenvalue weighted by Gasteiger charge is 2.29. The van der Waals surface area contributed by atoms with Crippen molar-refractivity contribution in [2.24, 2.45) is 17.5 Å². The quantitative estimate of drug-likeness (QED) is 0.490. The number of aromatic nitrogens is 2. The molecule has 0 amide bonds. The molecule has 0 aliphatic carbocycles. The van der Waals surface area contributed by atoms with Crippen LogP contribution in [-0.4, -0.2) is 29.1 Å². The predicted molar refractivity (Wildman–Crippen MR) is 126 cm³/mol. The van der Waals surface area contributed by atoms with Crippen molar-refractivity contribution in [1.29, 1.82) is 0 Å². The fourth-order valence-electron chi connectivity index (χ4n) is 4.46. The lowest BCUT2D eigenvalue weighted by atomic mass is 9.86. The Hall–Kier alpha value is -2.35. The first-order valence-corrected chi connectivity index (χ1v) is 12.4. The number of nitrogens with zero attached hydrogens (tertiary/aromatic N) is 4. The first-order chi connectivity index (χ1) is 15.2. The van der Waals surface area contributed by atoms with Gasteiger partial charge in [-0.1, -0.05) is 13.8 Å². The van der Waals surface area contributed by atoms with Gasteiger partial charge in [0.05, 0.1) is 11.4 Å². The maximum Gasteiger partial charge on any atom is 0.421 e. The minimum atomic E-state index is -2.92. The van der Waals surface area contributed by atoms with Gasteiger partial charge in [-0.15, -0.1) is 0 Å². The Morgan fingerprint density at radius 2 is 1.72 bits per heavy atom. The summed E-state index contributed by atoms with van der Waals surface area (Å²) in [6.07, 6.45) is 1.78. The van der Waals surface area contributed by atoms with Crippen molar-refractivity contribution in [3.05, 3.63) is 35.5 Å². The molecule has 32 heavy (non-hydrogen) atoms. The SMILES string of the molecule is CC(C)C1CCN(N)c2ccc(O[PH](=O)Oc3ccc4c(n3)N(C(C)C)CCC4N)nc21. The second kappa shape index (κ2) is 9.25. The van der Waals surface area contributed by atoms with E-state index in [1.165, 1.54) is 0 Å². The third-order valence-electron chi connectivity index (χ3n) is 6.25. The first-order valence-electron chi connectivity index (χ1n) is 11.2. The molecule has 174 valence electrons. The molecule has 2 aliphatic heterocycles. The molecule has 2 aromatic rings. The number of hydrogen-bond acceptors (Lipinski definition) is 9. The molecular weight excluding hydrogens is 427 g/mol. The van der Waals surface area contributed by atoms with Crippen LogP contribution >= 0.6 is 8.25 Å². The summed E-state index contributed by atoms with van der Waals surface area (Å²) in [6.45, 7) is 10.1. The van der Waals surface area contributed by atoms with Gasteiger partial charge in [0.25, 0.3) is 0 Å². The monoisotopic (exact) mass is 460 g/mol. The minimum Gasteiger partial charge on any atom is -0.399 e. The standard InChI is InChI=1S/C22H33N6O3P/c1-13(2)15-9-12-28(24)18-6-8-19(25-21(15)18)30-32(29)31-20-7-5-16-17(23)10-11-27(14(3)4)22(16)26-20/h5-8,13-15,17,32H,9-12,23-24H2,1-4H3. The van der Waals surface area contributed by atoms with Crippen LogP contribution < -0.4 is 30.5 Å². The fourth-order valence-corrected chi connectivity index (χ4v) is 5.07. The summed E-state index contributed by atoms with van der Waals surface area (Å²) in [7, 11) is -2.92. The molecule has 2 aliphatic rings. The lowest BCUT2D eigenvalue weighted by Gasteiger charge is -2.36. The lowest BCUT2D eigenvalue weighted by molar-refractivity contribution is 0.396. The second-order valence-corrected chi connectivity index (χ2v) is 9.99. The summed E-state index contributed by atoms with van der Waals surface area (Å²) in [4.78, 5) is 11.4. The molecule has 0 saturated heterocycles. The zero-order valence-corrected chi connectivity index (χ0v) is 20.1. The van der Waals surface area contributed by atoms with Crippen LogP contribution in [0.4, 0.5) is 11.5 Å². The van der Waals surface area contributed by atoms with Gasteiger partial charge in [-0.25, -0.2) is 15.4 Å². The number of rotatable bonds is 6. The molecule has 4 heterocycles. The molecule has 3 atom stereocenters. The average molecular weight is 461 g/mol. The van der Waals surface area contributed by atoms with Gasteiger partial charge in [0.1, 0.15) is 5.82 Å². The summed E-state index contributed by atoms with van der Waals surface area (Å²) >= 11 is 0. The van der Waals surface area contributed by atoms with Gasteiger partial charge >= 0.3 is 8.25 Å². The number of pyridine rings is 2. The van der Waals surface area contributed by atoms with Crippen molar-refractivity contribution >= 4 is 19.8 Å². The number of hydrogen-bond donors (Lipinski definition) is 2. The van der Waals surface area contributed by atoms with Crippen LogP contribution in [0.1, 0.15) is 63.8 Å². The number of fused-ring (bicyclic) bond motifs is 2. The van der Waals surface area contributed by atoms with Crippen molar-refractivity contribution in [2.75, 3.05) is 23.0 Å². The number of anilines is 2. The topological polar surface area (TPSA) is 120 Å². The van der Waals surface area contributed by atoms with E-state index in [-0.39, 0.29) is 29.8 Å². The molecule has 0 spiro atoms. The van der Waals surface area contributed by atoms with Crippen molar-refractivity contribution in [2.45, 2.75) is 58.5 Å². The Morgan fingerprint density at radius 3 is 2.41 bits per heavy atom. The van der Waals surface area contributed by atoms with Gasteiger partial charge in [0, 0.05) is 48.8 Å². The van der Waals surface area contributed by atoms with E-state index in [1.807, 2.05) is 12.1 Å². The molecule has 9 nitrogen and oxygen atoms in total. The highest BCUT2D eigenvalue weighted by Crippen LogP contribution is 2.40. The molecule has 3 unspecified atom stereocenters. The molecule has 0 fully saturated rings. The molecule has 0 aromatic carbocycles. The van der Waals surface area contributed by atoms with E-state index in [4.69, 9.17) is 20.6 Å². The predicted octanol–water partition coefficient (Wildman–Crippen LogP) is 3.77. The molecule has 4 N–H and O–H groups in total. The van der Waals surface area contributed by atoms with Crippen LogP contribution in [0.15, 0.2) is 24.3 Å². The first kappa shape index (κ1) is 22.8. The van der Waals surface area contributed by atoms with E-state index < -0.39 is 8.25 Å². The van der Waals surface area contributed by atoms with Crippen LogP contribution in [0.2, 0.25) is 0 Å². The van der Waals surface area contributed by atoms with Crippen molar-refractivity contribution in [1.82, 2.24) is 9.97 Å². The fraction of sp³-hybridized carbons (Fsp3) is 0.545. The average Bonchev–Trinajstić information content (AvgIpc) is 2.73. The maximum absolute atomic E-state index is 12.7. The van der Waals surface area contributed by atoms with Gasteiger partial charge < -0.3 is 24.7 Å². The van der Waals surface area contributed by atoms with E-state index in [9.17, 15) is 4.57 Å². The second-order valence-electron chi connectivity index (χ2n) is 9.09. The normalized spacial score (nSPS) is 21.4. The van der Waals surface area contributed by atoms with Crippen molar-refractivity contribution in [3.63, 3.8) is 0 Å². The maximum atomic E-state index is 12.7. The Balaban J connectivity index is 1.51. The number of nitrogens with two attached hydrogens (primary N) is 2. The Kier molecular flexibility index (Phi) is 6.60. The Labute approximate surface area is 190 Å². The Morgan fingerprint density at radius 1 is 1.03 bits per heavy atom. The van der Waals surface area contributed by atoms with E-state index in [1.54, 1.807) is 17.1 Å². The molecule has 0 bridgehead atoms. The summed E-state index contributed by atoms with van der Waals surface area (Å²) in [5.41, 5.74) is 8.97. The molecule has 4 rings (SSSR count). The van der Waals surface area contributed by atoms with Crippen LogP contribution in [0, 0.1) is 5.92 Å². The summed E-state index contributed by atoms with van der Waals surface area (Å²) in [5, 5.41) is 1.70. The van der Waals surface area contributed by atoms with E-state index in [0.29, 0.717) is 5.92 Å². The lowest BCUT2D eigenvalue weighted by Crippen LogP contribution is -2.39. The highest BCUT2D eigenvalue weighted by molar-refractivity contribution is 7.34. The summed E-state index contributed by atoms with van der Waals surface area (Å²) in [6, 6.07) is 7.33. The van der Waals surface area contributed by atoms with Gasteiger partial charge in [0.2, 0.25) is 11.8 Å². The Bertz CT molecular complexity index is 924. The molecular formula is C22H33N6O3P. The minimum absolute atomic E-state index is 0.0643.